The molecule has 4 N–H and O–H groups in total. The summed E-state index contributed by atoms with van der Waals surface area (Å²) >= 11 is 0. The van der Waals surface area contributed by atoms with E-state index < -0.39 is 6.10 Å². The number of phenols is 1. The maximum Gasteiger partial charge on any atom is 0.115 e. The Balaban J connectivity index is 2.17. The van der Waals surface area contributed by atoms with E-state index in [9.17, 15) is 10.2 Å². The standard InChI is InChI=1S/C14H15NO2/c15-13-7-2-1-6-12(13)14(17)9-10-4-3-5-11(16)8-10/h1-8,14,16-17H,9,15H2. The first-order valence-corrected chi connectivity index (χ1v) is 5.47. The molecule has 0 bridgehead atoms. The summed E-state index contributed by atoms with van der Waals surface area (Å²) in [5.41, 5.74) is 7.97. The number of hydrogen-bond donors (Lipinski definition) is 3. The molecule has 1 unspecified atom stereocenters. The van der Waals surface area contributed by atoms with Crippen LogP contribution in [0.5, 0.6) is 5.75 Å². The fraction of sp³-hybridized carbons (Fsp3) is 0.143. The fourth-order valence-corrected chi connectivity index (χ4v) is 1.83. The molecule has 0 fully saturated rings. The summed E-state index contributed by atoms with van der Waals surface area (Å²) in [6.45, 7) is 0. The zero-order valence-corrected chi connectivity index (χ0v) is 9.38. The summed E-state index contributed by atoms with van der Waals surface area (Å²) in [7, 11) is 0. The molecular formula is C14H15NO2. The van der Waals surface area contributed by atoms with Crippen molar-refractivity contribution >= 4 is 5.69 Å². The molecule has 0 aromatic heterocycles. The first-order chi connectivity index (χ1) is 8.16. The topological polar surface area (TPSA) is 66.5 Å². The number of hydrogen-bond acceptors (Lipinski definition) is 3. The smallest absolute Gasteiger partial charge is 0.115 e. The van der Waals surface area contributed by atoms with Crippen LogP contribution in [0.3, 0.4) is 0 Å². The zero-order chi connectivity index (χ0) is 12.3. The number of nitrogens with two attached hydrogens (primary N) is 1. The van der Waals surface area contributed by atoms with Gasteiger partial charge in [0.15, 0.2) is 0 Å². The van der Waals surface area contributed by atoms with Crippen LogP contribution < -0.4 is 5.73 Å². The molecule has 0 saturated carbocycles. The molecular weight excluding hydrogens is 214 g/mol. The molecule has 0 amide bonds. The van der Waals surface area contributed by atoms with Crippen molar-refractivity contribution in [1.82, 2.24) is 0 Å². The number of phenolic OH excluding ortho intramolecular Hbond substituents is 1. The molecule has 2 rings (SSSR count). The van der Waals surface area contributed by atoms with E-state index in [-0.39, 0.29) is 5.75 Å². The second-order valence-electron chi connectivity index (χ2n) is 4.02. The van der Waals surface area contributed by atoms with Crippen LogP contribution in [0.1, 0.15) is 17.2 Å². The minimum Gasteiger partial charge on any atom is -0.508 e. The number of aliphatic hydroxyl groups is 1. The molecule has 3 nitrogen and oxygen atoms in total. The summed E-state index contributed by atoms with van der Waals surface area (Å²) in [5, 5.41) is 19.4. The van der Waals surface area contributed by atoms with Crippen LogP contribution in [0.25, 0.3) is 0 Å². The molecule has 3 heteroatoms. The monoisotopic (exact) mass is 229 g/mol. The van der Waals surface area contributed by atoms with E-state index >= 15 is 0 Å². The highest BCUT2D eigenvalue weighted by atomic mass is 16.3. The predicted molar refractivity (Wildman–Crippen MR) is 67.6 cm³/mol. The summed E-state index contributed by atoms with van der Waals surface area (Å²) < 4.78 is 0. The van der Waals surface area contributed by atoms with E-state index in [1.54, 1.807) is 24.3 Å². The van der Waals surface area contributed by atoms with Crippen LogP contribution in [0.4, 0.5) is 5.69 Å². The Labute approximate surface area is 100 Å². The summed E-state index contributed by atoms with van der Waals surface area (Å²) in [5.74, 6) is 0.204. The van der Waals surface area contributed by atoms with E-state index in [2.05, 4.69) is 0 Å². The second-order valence-corrected chi connectivity index (χ2v) is 4.02. The van der Waals surface area contributed by atoms with Crippen molar-refractivity contribution in [1.29, 1.82) is 0 Å². The number of rotatable bonds is 3. The van der Waals surface area contributed by atoms with Crippen molar-refractivity contribution in [2.75, 3.05) is 5.73 Å². The lowest BCUT2D eigenvalue weighted by molar-refractivity contribution is 0.179. The molecule has 0 spiro atoms. The molecule has 2 aromatic carbocycles. The van der Waals surface area contributed by atoms with Crippen molar-refractivity contribution in [2.45, 2.75) is 12.5 Å². The summed E-state index contributed by atoms with van der Waals surface area (Å²) in [4.78, 5) is 0. The van der Waals surface area contributed by atoms with Gasteiger partial charge in [-0.1, -0.05) is 30.3 Å². The van der Waals surface area contributed by atoms with E-state index in [1.165, 1.54) is 0 Å². The van der Waals surface area contributed by atoms with E-state index in [0.29, 0.717) is 12.1 Å². The van der Waals surface area contributed by atoms with E-state index in [1.807, 2.05) is 24.3 Å². The zero-order valence-electron chi connectivity index (χ0n) is 9.38. The number of para-hydroxylation sites is 1. The minimum atomic E-state index is -0.655. The SMILES string of the molecule is Nc1ccccc1C(O)Cc1cccc(O)c1. The number of nitrogen functional groups attached to an aromatic ring is 1. The molecule has 88 valence electrons. The van der Waals surface area contributed by atoms with Crippen LogP contribution in [-0.4, -0.2) is 10.2 Å². The van der Waals surface area contributed by atoms with Gasteiger partial charge >= 0.3 is 0 Å². The highest BCUT2D eigenvalue weighted by Gasteiger charge is 2.11. The number of benzene rings is 2. The van der Waals surface area contributed by atoms with Gasteiger partial charge < -0.3 is 15.9 Å². The average molecular weight is 229 g/mol. The molecule has 17 heavy (non-hydrogen) atoms. The lowest BCUT2D eigenvalue weighted by Crippen LogP contribution is -2.05. The van der Waals surface area contributed by atoms with Gasteiger partial charge in [0.25, 0.3) is 0 Å². The molecule has 2 aromatic rings. The van der Waals surface area contributed by atoms with Gasteiger partial charge in [0.05, 0.1) is 6.10 Å². The Morgan fingerprint density at radius 1 is 1.06 bits per heavy atom. The Morgan fingerprint density at radius 3 is 2.53 bits per heavy atom. The maximum absolute atomic E-state index is 10.1. The molecule has 0 aliphatic rings. The maximum atomic E-state index is 10.1. The highest BCUT2D eigenvalue weighted by Crippen LogP contribution is 2.24. The van der Waals surface area contributed by atoms with Crippen LogP contribution in [0, 0.1) is 0 Å². The van der Waals surface area contributed by atoms with Gasteiger partial charge in [0.2, 0.25) is 0 Å². The third-order valence-electron chi connectivity index (χ3n) is 2.69. The fourth-order valence-electron chi connectivity index (χ4n) is 1.83. The van der Waals surface area contributed by atoms with Gasteiger partial charge in [-0.25, -0.2) is 0 Å². The number of aromatic hydroxyl groups is 1. The quantitative estimate of drug-likeness (QED) is 0.707. The van der Waals surface area contributed by atoms with Crippen molar-refractivity contribution in [3.63, 3.8) is 0 Å². The minimum absolute atomic E-state index is 0.204. The molecule has 0 aliphatic heterocycles. The summed E-state index contributed by atoms with van der Waals surface area (Å²) in [6.07, 6.45) is -0.221. The van der Waals surface area contributed by atoms with Gasteiger partial charge in [0, 0.05) is 17.7 Å². The van der Waals surface area contributed by atoms with Crippen molar-refractivity contribution in [2.24, 2.45) is 0 Å². The van der Waals surface area contributed by atoms with E-state index in [4.69, 9.17) is 5.73 Å². The van der Waals surface area contributed by atoms with Gasteiger partial charge in [0.1, 0.15) is 5.75 Å². The lowest BCUT2D eigenvalue weighted by Gasteiger charge is -2.13. The molecule has 1 atom stereocenters. The highest BCUT2D eigenvalue weighted by molar-refractivity contribution is 5.48. The molecule has 0 saturated heterocycles. The third-order valence-corrected chi connectivity index (χ3v) is 2.69. The number of anilines is 1. The van der Waals surface area contributed by atoms with Crippen molar-refractivity contribution in [3.05, 3.63) is 59.7 Å². The van der Waals surface area contributed by atoms with Gasteiger partial charge in [-0.15, -0.1) is 0 Å². The van der Waals surface area contributed by atoms with Crippen LogP contribution in [0.15, 0.2) is 48.5 Å². The van der Waals surface area contributed by atoms with Crippen molar-refractivity contribution in [3.8, 4) is 5.75 Å². The second kappa shape index (κ2) is 4.89. The Hall–Kier alpha value is -2.00. The first-order valence-electron chi connectivity index (χ1n) is 5.47. The molecule has 0 radical (unpaired) electrons. The Kier molecular flexibility index (Phi) is 3.30. The lowest BCUT2D eigenvalue weighted by atomic mass is 10.00. The molecule has 0 heterocycles. The largest absolute Gasteiger partial charge is 0.508 e. The van der Waals surface area contributed by atoms with Crippen LogP contribution >= 0.6 is 0 Å². The predicted octanol–water partition coefficient (Wildman–Crippen LogP) is 2.25. The van der Waals surface area contributed by atoms with Gasteiger partial charge in [-0.3, -0.25) is 0 Å². The van der Waals surface area contributed by atoms with E-state index in [0.717, 1.165) is 11.1 Å². The van der Waals surface area contributed by atoms with Crippen LogP contribution in [0.2, 0.25) is 0 Å². The normalized spacial score (nSPS) is 12.3. The first kappa shape index (κ1) is 11.5. The average Bonchev–Trinajstić information content (AvgIpc) is 2.29. The van der Waals surface area contributed by atoms with Gasteiger partial charge in [-0.05, 0) is 23.8 Å². The Bertz CT molecular complexity index is 511. The molecule has 0 aliphatic carbocycles. The summed E-state index contributed by atoms with van der Waals surface area (Å²) in [6, 6.07) is 14.1. The Morgan fingerprint density at radius 2 is 1.82 bits per heavy atom. The van der Waals surface area contributed by atoms with Gasteiger partial charge in [-0.2, -0.15) is 0 Å². The number of aliphatic hydroxyl groups excluding tert-OH is 1. The van der Waals surface area contributed by atoms with Crippen LogP contribution in [-0.2, 0) is 6.42 Å². The third kappa shape index (κ3) is 2.77. The van der Waals surface area contributed by atoms with Crippen molar-refractivity contribution < 1.29 is 10.2 Å².